The number of ether oxygens (including phenoxy) is 2. The van der Waals surface area contributed by atoms with Gasteiger partial charge in [-0.3, -0.25) is 0 Å². The summed E-state index contributed by atoms with van der Waals surface area (Å²) in [6.45, 7) is -0.630. The highest BCUT2D eigenvalue weighted by molar-refractivity contribution is 7.04. The van der Waals surface area contributed by atoms with Crippen LogP contribution in [0.25, 0.3) is 0 Å². The van der Waals surface area contributed by atoms with E-state index in [2.05, 4.69) is 232 Å². The van der Waals surface area contributed by atoms with Crippen molar-refractivity contribution in [3.63, 3.8) is 0 Å². The first-order valence-electron chi connectivity index (χ1n) is 26.2. The lowest BCUT2D eigenvalue weighted by molar-refractivity contribution is 0.487. The molecule has 6 nitrogen and oxygen atoms in total. The zero-order valence-electron chi connectivity index (χ0n) is 41.4. The highest BCUT2D eigenvalue weighted by Crippen LogP contribution is 2.50. The number of fused-ring (bicyclic) bond motifs is 12. The molecule has 0 atom stereocenters. The molecule has 0 fully saturated rings. The maximum atomic E-state index is 7.38. The normalized spacial score (nSPS) is 14.1. The van der Waals surface area contributed by atoms with Crippen LogP contribution < -0.4 is 78.2 Å². The summed E-state index contributed by atoms with van der Waals surface area (Å²) in [5, 5.41) is 1.83. The van der Waals surface area contributed by atoms with Gasteiger partial charge in [-0.15, -0.1) is 0 Å². The van der Waals surface area contributed by atoms with E-state index in [1.807, 2.05) is 18.2 Å². The molecular formula is C66H38B3Cl3N4O2. The van der Waals surface area contributed by atoms with Crippen molar-refractivity contribution >= 4 is 172 Å². The summed E-state index contributed by atoms with van der Waals surface area (Å²) in [7, 11) is 0. The van der Waals surface area contributed by atoms with Gasteiger partial charge < -0.3 is 29.1 Å². The van der Waals surface area contributed by atoms with E-state index >= 15 is 0 Å². The zero-order chi connectivity index (χ0) is 51.5. The van der Waals surface area contributed by atoms with Crippen LogP contribution in [0.1, 0.15) is 0 Å². The number of halogens is 3. The second kappa shape index (κ2) is 16.6. The fourth-order valence-electron chi connectivity index (χ4n) is 13.7. The molecule has 12 heteroatoms. The van der Waals surface area contributed by atoms with Crippen molar-refractivity contribution in [2.24, 2.45) is 0 Å². The molecule has 6 aliphatic heterocycles. The lowest BCUT2D eigenvalue weighted by Crippen LogP contribution is -2.65. The zero-order valence-corrected chi connectivity index (χ0v) is 43.7. The summed E-state index contributed by atoms with van der Waals surface area (Å²) < 4.78 is 14.1. The summed E-state index contributed by atoms with van der Waals surface area (Å²) >= 11 is 21.8. The largest absolute Gasteiger partial charge is 0.458 e. The van der Waals surface area contributed by atoms with E-state index in [-0.39, 0.29) is 20.1 Å². The van der Waals surface area contributed by atoms with Crippen molar-refractivity contribution in [3.05, 3.63) is 246 Å². The number of nitrogens with zero attached hydrogens (tertiary/aromatic N) is 4. The second-order valence-corrected chi connectivity index (χ2v) is 22.0. The van der Waals surface area contributed by atoms with Crippen LogP contribution in [-0.4, -0.2) is 20.1 Å². The van der Waals surface area contributed by atoms with Crippen molar-refractivity contribution < 1.29 is 9.47 Å². The molecule has 6 aliphatic rings. The van der Waals surface area contributed by atoms with Crippen molar-refractivity contribution in [2.45, 2.75) is 0 Å². The summed E-state index contributed by atoms with van der Waals surface area (Å²) in [5.74, 6) is 3.05. The van der Waals surface area contributed by atoms with E-state index < -0.39 is 0 Å². The van der Waals surface area contributed by atoms with E-state index in [9.17, 15) is 0 Å². The number of hydrogen-bond donors (Lipinski definition) is 0. The fourth-order valence-corrected chi connectivity index (χ4v) is 14.3. The lowest BCUT2D eigenvalue weighted by atomic mass is 9.29. The van der Waals surface area contributed by atoms with E-state index in [0.717, 1.165) is 124 Å². The molecule has 17 rings (SSSR count). The first-order valence-corrected chi connectivity index (χ1v) is 27.4. The minimum Gasteiger partial charge on any atom is -0.458 e. The SMILES string of the molecule is Clc1cc2c3c(c1)N(c1ccccc1)c1cc4c(cc1B3c1ccccc1O2)B1c2cc3c(cc2N(c2ccccc2)c2cc(Cl)cc(c21)O4)N(c1ccccc1)c1cc(Cl)cc2c1B3c1ccccc1N2c1ccccc1. The Morgan fingerprint density at radius 1 is 0.244 bits per heavy atom. The standard InChI is InChI=1S/C66H38B3Cl3N4O2/c70-39-29-56-64-57(30-39)74(43-19-7-2-8-20-43)53-37-54-49(35-48(53)67(64)46-25-13-15-27-52(46)73(56)42-17-5-1-6-18-42)69-51-36-50-55(38-61(51)78-63-34-41(72)32-59(66(63)69)75(54)44-21-9-3-10-22-44)76(45-23-11-4-12-24-45)58-31-40(71)33-62-65(58)68(50)47-26-14-16-28-60(47)77-62/h1-38H. The average Bonchev–Trinajstić information content (AvgIpc) is 3.55. The number of para-hydroxylation sites is 6. The molecule has 0 saturated heterocycles. The van der Waals surface area contributed by atoms with Crippen LogP contribution in [-0.2, 0) is 0 Å². The van der Waals surface area contributed by atoms with Gasteiger partial charge in [0.1, 0.15) is 23.0 Å². The minimum atomic E-state index is -0.288. The van der Waals surface area contributed by atoms with Gasteiger partial charge in [0, 0.05) is 89.4 Å². The molecule has 0 saturated carbocycles. The van der Waals surface area contributed by atoms with Crippen LogP contribution in [0.2, 0.25) is 15.1 Å². The molecule has 0 aromatic heterocycles. The molecule has 11 aromatic carbocycles. The van der Waals surface area contributed by atoms with Gasteiger partial charge in [-0.25, -0.2) is 0 Å². The maximum absolute atomic E-state index is 7.38. The summed E-state index contributed by atoms with van der Waals surface area (Å²) in [4.78, 5) is 9.51. The Bertz CT molecular complexity index is 4380. The monoisotopic (exact) mass is 1060 g/mol. The topological polar surface area (TPSA) is 31.4 Å². The second-order valence-electron chi connectivity index (χ2n) is 20.7. The van der Waals surface area contributed by atoms with Crippen molar-refractivity contribution in [1.29, 1.82) is 0 Å². The van der Waals surface area contributed by atoms with E-state index in [1.54, 1.807) is 0 Å². The Morgan fingerprint density at radius 2 is 0.603 bits per heavy atom. The van der Waals surface area contributed by atoms with Gasteiger partial charge in [-0.1, -0.05) is 156 Å². The van der Waals surface area contributed by atoms with Crippen LogP contribution in [0.3, 0.4) is 0 Å². The Hall–Kier alpha value is -8.72. The number of anilines is 12. The van der Waals surface area contributed by atoms with Crippen LogP contribution in [0, 0.1) is 0 Å². The Balaban J connectivity index is 0.976. The molecule has 6 heterocycles. The summed E-state index contributed by atoms with van der Waals surface area (Å²) in [6, 6.07) is 81.8. The third-order valence-electron chi connectivity index (χ3n) is 16.6. The predicted octanol–water partition coefficient (Wildman–Crippen LogP) is 12.5. The van der Waals surface area contributed by atoms with Gasteiger partial charge in [0.2, 0.25) is 0 Å². The smallest absolute Gasteiger partial charge is 0.256 e. The van der Waals surface area contributed by atoms with E-state index in [1.165, 1.54) is 16.4 Å². The highest BCUT2D eigenvalue weighted by atomic mass is 35.5. The third kappa shape index (κ3) is 6.26. The summed E-state index contributed by atoms with van der Waals surface area (Å²) in [6.07, 6.45) is 0. The molecule has 0 radical (unpaired) electrons. The molecule has 0 bridgehead atoms. The van der Waals surface area contributed by atoms with Crippen LogP contribution in [0.5, 0.6) is 23.0 Å². The first kappa shape index (κ1) is 44.4. The van der Waals surface area contributed by atoms with Crippen LogP contribution in [0.15, 0.2) is 231 Å². The van der Waals surface area contributed by atoms with Crippen molar-refractivity contribution in [2.75, 3.05) is 19.6 Å². The minimum absolute atomic E-state index is 0.164. The number of rotatable bonds is 4. The highest BCUT2D eigenvalue weighted by Gasteiger charge is 2.50. The molecule has 0 amide bonds. The lowest BCUT2D eigenvalue weighted by Gasteiger charge is -2.46. The third-order valence-corrected chi connectivity index (χ3v) is 17.3. The maximum Gasteiger partial charge on any atom is 0.256 e. The van der Waals surface area contributed by atoms with Crippen LogP contribution >= 0.6 is 34.8 Å². The quantitative estimate of drug-likeness (QED) is 0.163. The molecule has 0 aliphatic carbocycles. The molecule has 11 aromatic rings. The number of hydrogen-bond acceptors (Lipinski definition) is 6. The van der Waals surface area contributed by atoms with Crippen molar-refractivity contribution in [1.82, 2.24) is 0 Å². The van der Waals surface area contributed by atoms with Gasteiger partial charge in [0.05, 0.1) is 0 Å². The van der Waals surface area contributed by atoms with Gasteiger partial charge in [-0.05, 0) is 152 Å². The first-order chi connectivity index (χ1) is 38.4. The Labute approximate surface area is 467 Å². The predicted molar refractivity (Wildman–Crippen MR) is 327 cm³/mol. The summed E-state index contributed by atoms with van der Waals surface area (Å²) in [5.41, 5.74) is 22.5. The molecule has 0 N–H and O–H groups in total. The molecule has 0 unspecified atom stereocenters. The van der Waals surface area contributed by atoms with Gasteiger partial charge in [-0.2, -0.15) is 0 Å². The molecule has 364 valence electrons. The Kier molecular flexibility index (Phi) is 9.48. The van der Waals surface area contributed by atoms with Crippen LogP contribution in [0.4, 0.5) is 68.2 Å². The average molecular weight is 1060 g/mol. The van der Waals surface area contributed by atoms with E-state index in [0.29, 0.717) is 15.1 Å². The fraction of sp³-hybridized carbons (Fsp3) is 0. The Morgan fingerprint density at radius 3 is 1.12 bits per heavy atom. The van der Waals surface area contributed by atoms with Crippen molar-refractivity contribution in [3.8, 4) is 23.0 Å². The number of benzene rings is 11. The molecule has 78 heavy (non-hydrogen) atoms. The molecule has 0 spiro atoms. The van der Waals surface area contributed by atoms with Gasteiger partial charge >= 0.3 is 0 Å². The van der Waals surface area contributed by atoms with Gasteiger partial charge in [0.25, 0.3) is 20.1 Å². The van der Waals surface area contributed by atoms with Gasteiger partial charge in [0.15, 0.2) is 0 Å². The molecular weight excluding hydrogens is 1020 g/mol. The van der Waals surface area contributed by atoms with E-state index in [4.69, 9.17) is 44.3 Å².